The van der Waals surface area contributed by atoms with Crippen LogP contribution in [0.2, 0.25) is 0 Å². The van der Waals surface area contributed by atoms with Crippen LogP contribution < -0.4 is 5.32 Å². The fraction of sp³-hybridized carbons (Fsp3) is 0.316. The Hall–Kier alpha value is -2.18. The van der Waals surface area contributed by atoms with Crippen LogP contribution in [0.25, 0.3) is 0 Å². The van der Waals surface area contributed by atoms with Gasteiger partial charge in [-0.15, -0.1) is 0 Å². The van der Waals surface area contributed by atoms with E-state index in [2.05, 4.69) is 5.32 Å². The lowest BCUT2D eigenvalue weighted by molar-refractivity contribution is 0.0939. The summed E-state index contributed by atoms with van der Waals surface area (Å²) in [5, 5.41) is 2.94. The van der Waals surface area contributed by atoms with Gasteiger partial charge in [0.25, 0.3) is 5.91 Å². The molecule has 0 saturated carbocycles. The molecule has 1 atom stereocenters. The predicted octanol–water partition coefficient (Wildman–Crippen LogP) is 3.04. The van der Waals surface area contributed by atoms with Crippen molar-refractivity contribution in [3.63, 3.8) is 0 Å². The van der Waals surface area contributed by atoms with Crippen LogP contribution in [0.1, 0.15) is 40.0 Å². The van der Waals surface area contributed by atoms with Crippen molar-refractivity contribution < 1.29 is 13.2 Å². The summed E-state index contributed by atoms with van der Waals surface area (Å²) in [6.07, 6.45) is 0. The Balaban J connectivity index is 2.26. The molecule has 0 saturated heterocycles. The highest BCUT2D eigenvalue weighted by atomic mass is 32.2. The first kappa shape index (κ1) is 19.1. The van der Waals surface area contributed by atoms with Gasteiger partial charge in [-0.3, -0.25) is 4.79 Å². The van der Waals surface area contributed by atoms with E-state index in [-0.39, 0.29) is 16.8 Å². The first-order valence-electron chi connectivity index (χ1n) is 8.03. The number of nitrogens with zero attached hydrogens (tertiary/aromatic N) is 1. The molecule has 0 radical (unpaired) electrons. The quantitative estimate of drug-likeness (QED) is 0.891. The molecule has 2 aromatic carbocycles. The number of sulfonamides is 1. The second-order valence-electron chi connectivity index (χ2n) is 6.37. The fourth-order valence-electron chi connectivity index (χ4n) is 2.59. The predicted molar refractivity (Wildman–Crippen MR) is 99.1 cm³/mol. The van der Waals surface area contributed by atoms with E-state index < -0.39 is 10.0 Å². The van der Waals surface area contributed by atoms with Gasteiger partial charge in [-0.2, -0.15) is 0 Å². The summed E-state index contributed by atoms with van der Waals surface area (Å²) < 4.78 is 25.6. The van der Waals surface area contributed by atoms with Crippen molar-refractivity contribution in [1.82, 2.24) is 9.62 Å². The third-order valence-corrected chi connectivity index (χ3v) is 5.93. The monoisotopic (exact) mass is 360 g/mol. The third kappa shape index (κ3) is 4.27. The van der Waals surface area contributed by atoms with Crippen molar-refractivity contribution in [2.75, 3.05) is 14.1 Å². The van der Waals surface area contributed by atoms with E-state index in [0.717, 1.165) is 21.0 Å². The molecule has 0 aliphatic rings. The molecule has 1 N–H and O–H groups in total. The number of hydrogen-bond acceptors (Lipinski definition) is 3. The summed E-state index contributed by atoms with van der Waals surface area (Å²) in [6.45, 7) is 5.93. The van der Waals surface area contributed by atoms with E-state index in [9.17, 15) is 13.2 Å². The number of rotatable bonds is 5. The topological polar surface area (TPSA) is 66.5 Å². The van der Waals surface area contributed by atoms with Gasteiger partial charge in [-0.25, -0.2) is 12.7 Å². The van der Waals surface area contributed by atoms with E-state index in [1.54, 1.807) is 12.1 Å². The maximum Gasteiger partial charge on any atom is 0.251 e. The zero-order chi connectivity index (χ0) is 18.8. The van der Waals surface area contributed by atoms with E-state index in [1.807, 2.05) is 39.0 Å². The molecule has 0 aromatic heterocycles. The van der Waals surface area contributed by atoms with Crippen LogP contribution in [0.3, 0.4) is 0 Å². The Labute approximate surface area is 149 Å². The highest BCUT2D eigenvalue weighted by molar-refractivity contribution is 7.89. The number of carbonyl (C=O) groups excluding carboxylic acids is 1. The zero-order valence-electron chi connectivity index (χ0n) is 15.2. The number of nitrogens with one attached hydrogen (secondary N) is 1. The molecule has 0 aliphatic carbocycles. The van der Waals surface area contributed by atoms with Crippen molar-refractivity contribution in [2.24, 2.45) is 0 Å². The minimum absolute atomic E-state index is 0.101. The van der Waals surface area contributed by atoms with Crippen molar-refractivity contribution in [3.05, 3.63) is 64.7 Å². The molecule has 134 valence electrons. The third-order valence-electron chi connectivity index (χ3n) is 4.12. The van der Waals surface area contributed by atoms with Gasteiger partial charge in [0.2, 0.25) is 10.0 Å². The van der Waals surface area contributed by atoms with Gasteiger partial charge in [-0.05, 0) is 50.1 Å². The van der Waals surface area contributed by atoms with Gasteiger partial charge >= 0.3 is 0 Å². The highest BCUT2D eigenvalue weighted by Crippen LogP contribution is 2.20. The van der Waals surface area contributed by atoms with Crippen molar-refractivity contribution in [2.45, 2.75) is 31.7 Å². The SMILES string of the molecule is Cc1ccc(C)c([C@@H](C)NC(=O)c2cccc(S(=O)(=O)N(C)C)c2)c1. The first-order valence-corrected chi connectivity index (χ1v) is 9.47. The molecule has 0 aliphatic heterocycles. The highest BCUT2D eigenvalue weighted by Gasteiger charge is 2.19. The van der Waals surface area contributed by atoms with Gasteiger partial charge in [-0.1, -0.05) is 29.8 Å². The van der Waals surface area contributed by atoms with E-state index in [0.29, 0.717) is 5.56 Å². The molecule has 0 unspecified atom stereocenters. The first-order chi connectivity index (χ1) is 11.6. The van der Waals surface area contributed by atoms with E-state index in [1.165, 1.54) is 26.2 Å². The lowest BCUT2D eigenvalue weighted by Gasteiger charge is -2.18. The molecule has 0 heterocycles. The Morgan fingerprint density at radius 1 is 1.08 bits per heavy atom. The summed E-state index contributed by atoms with van der Waals surface area (Å²) >= 11 is 0. The molecule has 0 fully saturated rings. The van der Waals surface area contributed by atoms with Crippen LogP contribution in [0.15, 0.2) is 47.4 Å². The van der Waals surface area contributed by atoms with Gasteiger partial charge in [0.15, 0.2) is 0 Å². The summed E-state index contributed by atoms with van der Waals surface area (Å²) in [7, 11) is -0.647. The lowest BCUT2D eigenvalue weighted by Crippen LogP contribution is -2.28. The molecule has 0 bridgehead atoms. The standard InChI is InChI=1S/C19H24N2O3S/c1-13-9-10-14(2)18(11-13)15(3)20-19(22)16-7-6-8-17(12-16)25(23,24)21(4)5/h6-12,15H,1-5H3,(H,20,22)/t15-/m1/s1. The maximum atomic E-state index is 12.6. The minimum atomic E-state index is -3.57. The Morgan fingerprint density at radius 3 is 2.40 bits per heavy atom. The van der Waals surface area contributed by atoms with Crippen LogP contribution in [0, 0.1) is 13.8 Å². The maximum absolute atomic E-state index is 12.6. The summed E-state index contributed by atoms with van der Waals surface area (Å²) in [5.74, 6) is -0.302. The van der Waals surface area contributed by atoms with Crippen LogP contribution in [0.5, 0.6) is 0 Å². The Morgan fingerprint density at radius 2 is 1.76 bits per heavy atom. The van der Waals surface area contributed by atoms with E-state index in [4.69, 9.17) is 0 Å². The molecule has 2 rings (SSSR count). The number of amides is 1. The lowest BCUT2D eigenvalue weighted by atomic mass is 10.00. The van der Waals surface area contributed by atoms with Crippen LogP contribution in [0.4, 0.5) is 0 Å². The molecule has 25 heavy (non-hydrogen) atoms. The van der Waals surface area contributed by atoms with Gasteiger partial charge < -0.3 is 5.32 Å². The Kier molecular flexibility index (Phi) is 5.65. The molecule has 1 amide bonds. The molecule has 5 nitrogen and oxygen atoms in total. The second kappa shape index (κ2) is 7.37. The number of carbonyl (C=O) groups is 1. The van der Waals surface area contributed by atoms with E-state index >= 15 is 0 Å². The molecular formula is C19H24N2O3S. The smallest absolute Gasteiger partial charge is 0.251 e. The largest absolute Gasteiger partial charge is 0.346 e. The second-order valence-corrected chi connectivity index (χ2v) is 8.52. The molecule has 2 aromatic rings. The van der Waals surface area contributed by atoms with Crippen LogP contribution in [-0.2, 0) is 10.0 Å². The zero-order valence-corrected chi connectivity index (χ0v) is 16.0. The number of aryl methyl sites for hydroxylation is 2. The van der Waals surface area contributed by atoms with Gasteiger partial charge in [0.05, 0.1) is 10.9 Å². The normalized spacial score (nSPS) is 12.9. The van der Waals surface area contributed by atoms with Crippen molar-refractivity contribution in [1.29, 1.82) is 0 Å². The average Bonchev–Trinajstić information content (AvgIpc) is 2.56. The summed E-state index contributed by atoms with van der Waals surface area (Å²) in [6, 6.07) is 12.0. The number of benzene rings is 2. The molecule has 0 spiro atoms. The average molecular weight is 360 g/mol. The Bertz CT molecular complexity index is 889. The summed E-state index contributed by atoms with van der Waals surface area (Å²) in [4.78, 5) is 12.7. The van der Waals surface area contributed by atoms with Crippen LogP contribution in [-0.4, -0.2) is 32.7 Å². The molecule has 6 heteroatoms. The number of hydrogen-bond donors (Lipinski definition) is 1. The minimum Gasteiger partial charge on any atom is -0.346 e. The fourth-order valence-corrected chi connectivity index (χ4v) is 3.54. The van der Waals surface area contributed by atoms with Gasteiger partial charge in [0.1, 0.15) is 0 Å². The van der Waals surface area contributed by atoms with Crippen molar-refractivity contribution >= 4 is 15.9 Å². The van der Waals surface area contributed by atoms with Crippen molar-refractivity contribution in [3.8, 4) is 0 Å². The molecular weight excluding hydrogens is 336 g/mol. The summed E-state index contributed by atoms with van der Waals surface area (Å²) in [5.41, 5.74) is 3.59. The van der Waals surface area contributed by atoms with Gasteiger partial charge in [0, 0.05) is 19.7 Å². The van der Waals surface area contributed by atoms with Crippen LogP contribution >= 0.6 is 0 Å².